The minimum absolute atomic E-state index is 0. The molecule has 1 N–H and O–H groups in total. The van der Waals surface area contributed by atoms with Gasteiger partial charge in [-0.2, -0.15) is 0 Å². The molecule has 3 rings (SSSR count). The highest BCUT2D eigenvalue weighted by atomic mass is 127. The number of anilines is 1. The van der Waals surface area contributed by atoms with Crippen LogP contribution in [0.25, 0.3) is 0 Å². The van der Waals surface area contributed by atoms with E-state index in [4.69, 9.17) is 9.47 Å². The number of rotatable bonds is 7. The second-order valence-electron chi connectivity index (χ2n) is 7.31. The molecule has 0 spiro atoms. The van der Waals surface area contributed by atoms with E-state index in [0.29, 0.717) is 0 Å². The number of unbranched alkanes of at least 4 members (excludes halogenated alkanes) is 1. The van der Waals surface area contributed by atoms with Crippen molar-refractivity contribution in [1.29, 1.82) is 0 Å². The van der Waals surface area contributed by atoms with Crippen molar-refractivity contribution in [3.63, 3.8) is 0 Å². The van der Waals surface area contributed by atoms with Crippen LogP contribution < -0.4 is 15.0 Å². The van der Waals surface area contributed by atoms with E-state index in [0.717, 1.165) is 70.7 Å². The number of piperazine rings is 1. The average molecular weight is 517 g/mol. The highest BCUT2D eigenvalue weighted by Crippen LogP contribution is 2.22. The standard InChI is InChI=1S/C21H35N5O2.HI/c1-22-21(23-8-3-4-9-24-14-16-28-17-15-24)26-12-10-25(11-13-26)19-6-5-7-20(18-19)27-2;/h5-7,18H,3-4,8-17H2,1-2H3,(H,22,23);1H. The quantitative estimate of drug-likeness (QED) is 0.259. The lowest BCUT2D eigenvalue weighted by atomic mass is 10.2. The molecule has 0 aromatic heterocycles. The Kier molecular flexibility index (Phi) is 10.9. The van der Waals surface area contributed by atoms with E-state index in [9.17, 15) is 0 Å². The molecule has 2 aliphatic heterocycles. The first-order valence-corrected chi connectivity index (χ1v) is 10.4. The largest absolute Gasteiger partial charge is 0.497 e. The van der Waals surface area contributed by atoms with Crippen molar-refractivity contribution < 1.29 is 9.47 Å². The fourth-order valence-corrected chi connectivity index (χ4v) is 3.80. The van der Waals surface area contributed by atoms with Crippen molar-refractivity contribution in [3.8, 4) is 5.75 Å². The molecule has 164 valence electrons. The summed E-state index contributed by atoms with van der Waals surface area (Å²) in [5, 5.41) is 3.54. The number of guanidine groups is 1. The maximum Gasteiger partial charge on any atom is 0.193 e. The number of aliphatic imine (C=N–C) groups is 1. The number of hydrogen-bond donors (Lipinski definition) is 1. The van der Waals surface area contributed by atoms with Crippen LogP contribution in [0.15, 0.2) is 29.3 Å². The van der Waals surface area contributed by atoms with Gasteiger partial charge in [0.15, 0.2) is 5.96 Å². The van der Waals surface area contributed by atoms with Crippen molar-refractivity contribution >= 4 is 35.6 Å². The molecule has 2 fully saturated rings. The Bertz CT molecular complexity index is 617. The number of methoxy groups -OCH3 is 1. The lowest BCUT2D eigenvalue weighted by Gasteiger charge is -2.37. The normalized spacial score (nSPS) is 18.3. The topological polar surface area (TPSA) is 52.6 Å². The molecule has 2 saturated heterocycles. The molecule has 0 unspecified atom stereocenters. The summed E-state index contributed by atoms with van der Waals surface area (Å²) in [5.41, 5.74) is 1.23. The van der Waals surface area contributed by atoms with Gasteiger partial charge in [0.2, 0.25) is 0 Å². The number of benzene rings is 1. The average Bonchev–Trinajstić information content (AvgIpc) is 2.77. The number of hydrogen-bond acceptors (Lipinski definition) is 5. The lowest BCUT2D eigenvalue weighted by molar-refractivity contribution is 0.0372. The zero-order valence-electron chi connectivity index (χ0n) is 17.8. The van der Waals surface area contributed by atoms with E-state index in [1.807, 2.05) is 13.1 Å². The van der Waals surface area contributed by atoms with Crippen LogP contribution in [0.5, 0.6) is 5.75 Å². The molecular weight excluding hydrogens is 481 g/mol. The van der Waals surface area contributed by atoms with Gasteiger partial charge < -0.3 is 24.6 Å². The second kappa shape index (κ2) is 13.1. The molecule has 0 saturated carbocycles. The molecule has 29 heavy (non-hydrogen) atoms. The minimum atomic E-state index is 0. The molecule has 2 aliphatic rings. The van der Waals surface area contributed by atoms with Gasteiger partial charge in [-0.1, -0.05) is 6.07 Å². The third kappa shape index (κ3) is 7.49. The fourth-order valence-electron chi connectivity index (χ4n) is 3.80. The van der Waals surface area contributed by atoms with Gasteiger partial charge in [-0.25, -0.2) is 0 Å². The number of ether oxygens (including phenoxy) is 2. The zero-order chi connectivity index (χ0) is 19.6. The molecule has 0 atom stereocenters. The summed E-state index contributed by atoms with van der Waals surface area (Å²) in [7, 11) is 3.60. The maximum absolute atomic E-state index is 5.40. The predicted molar refractivity (Wildman–Crippen MR) is 130 cm³/mol. The van der Waals surface area contributed by atoms with Crippen LogP contribution in [-0.2, 0) is 4.74 Å². The van der Waals surface area contributed by atoms with E-state index in [1.165, 1.54) is 25.1 Å². The first-order valence-electron chi connectivity index (χ1n) is 10.4. The summed E-state index contributed by atoms with van der Waals surface area (Å²) in [5.74, 6) is 1.94. The Balaban J connectivity index is 0.00000300. The Labute approximate surface area is 192 Å². The van der Waals surface area contributed by atoms with Gasteiger partial charge >= 0.3 is 0 Å². The molecule has 8 heteroatoms. The minimum Gasteiger partial charge on any atom is -0.497 e. The van der Waals surface area contributed by atoms with Crippen LogP contribution in [0.2, 0.25) is 0 Å². The van der Waals surface area contributed by atoms with Gasteiger partial charge in [-0.15, -0.1) is 24.0 Å². The fraction of sp³-hybridized carbons (Fsp3) is 0.667. The van der Waals surface area contributed by atoms with Crippen LogP contribution in [0.3, 0.4) is 0 Å². The Morgan fingerprint density at radius 3 is 2.55 bits per heavy atom. The molecule has 1 aromatic rings. The van der Waals surface area contributed by atoms with Gasteiger partial charge in [-0.05, 0) is 31.5 Å². The van der Waals surface area contributed by atoms with E-state index < -0.39 is 0 Å². The van der Waals surface area contributed by atoms with Crippen molar-refractivity contribution in [1.82, 2.24) is 15.1 Å². The third-order valence-electron chi connectivity index (χ3n) is 5.50. The van der Waals surface area contributed by atoms with Crippen molar-refractivity contribution in [2.45, 2.75) is 12.8 Å². The van der Waals surface area contributed by atoms with Crippen LogP contribution in [0, 0.1) is 0 Å². The number of halogens is 1. The number of nitrogens with one attached hydrogen (secondary N) is 1. The van der Waals surface area contributed by atoms with Gasteiger partial charge in [0, 0.05) is 64.6 Å². The van der Waals surface area contributed by atoms with Gasteiger partial charge in [-0.3, -0.25) is 9.89 Å². The molecule has 7 nitrogen and oxygen atoms in total. The molecule has 0 aliphatic carbocycles. The summed E-state index contributed by atoms with van der Waals surface area (Å²) >= 11 is 0. The molecule has 2 heterocycles. The smallest absolute Gasteiger partial charge is 0.193 e. The van der Waals surface area contributed by atoms with Gasteiger partial charge in [0.05, 0.1) is 20.3 Å². The number of morpholine rings is 1. The van der Waals surface area contributed by atoms with Gasteiger partial charge in [0.25, 0.3) is 0 Å². The highest BCUT2D eigenvalue weighted by molar-refractivity contribution is 14.0. The molecule has 0 bridgehead atoms. The first kappa shape index (κ1) is 24.0. The van der Waals surface area contributed by atoms with Gasteiger partial charge in [0.1, 0.15) is 5.75 Å². The number of nitrogens with zero attached hydrogens (tertiary/aromatic N) is 4. The molecule has 0 amide bonds. The Hall–Kier alpha value is -1.26. The zero-order valence-corrected chi connectivity index (χ0v) is 20.1. The van der Waals surface area contributed by atoms with E-state index in [-0.39, 0.29) is 24.0 Å². The van der Waals surface area contributed by atoms with Crippen LogP contribution in [-0.4, -0.2) is 95.5 Å². The lowest BCUT2D eigenvalue weighted by Crippen LogP contribution is -2.52. The molecular formula is C21H36IN5O2. The van der Waals surface area contributed by atoms with Crippen molar-refractivity contribution in [2.75, 3.05) is 84.6 Å². The monoisotopic (exact) mass is 517 g/mol. The summed E-state index contributed by atoms with van der Waals surface area (Å²) in [6.45, 7) is 10.00. The van der Waals surface area contributed by atoms with Crippen molar-refractivity contribution in [3.05, 3.63) is 24.3 Å². The highest BCUT2D eigenvalue weighted by Gasteiger charge is 2.20. The molecule has 1 aromatic carbocycles. The van der Waals surface area contributed by atoms with Crippen LogP contribution in [0.1, 0.15) is 12.8 Å². The first-order chi connectivity index (χ1) is 13.8. The van der Waals surface area contributed by atoms with E-state index in [2.05, 4.69) is 43.2 Å². The predicted octanol–water partition coefficient (Wildman–Crippen LogP) is 2.12. The maximum atomic E-state index is 5.40. The summed E-state index contributed by atoms with van der Waals surface area (Å²) < 4.78 is 10.8. The summed E-state index contributed by atoms with van der Waals surface area (Å²) in [6.07, 6.45) is 2.38. The third-order valence-corrected chi connectivity index (χ3v) is 5.50. The van der Waals surface area contributed by atoms with Crippen LogP contribution in [0.4, 0.5) is 5.69 Å². The second-order valence-corrected chi connectivity index (χ2v) is 7.31. The molecule has 0 radical (unpaired) electrons. The van der Waals surface area contributed by atoms with E-state index >= 15 is 0 Å². The van der Waals surface area contributed by atoms with E-state index in [1.54, 1.807) is 7.11 Å². The van der Waals surface area contributed by atoms with Crippen molar-refractivity contribution in [2.24, 2.45) is 4.99 Å². The Morgan fingerprint density at radius 2 is 1.86 bits per heavy atom. The summed E-state index contributed by atoms with van der Waals surface area (Å²) in [6, 6.07) is 8.30. The Morgan fingerprint density at radius 1 is 1.10 bits per heavy atom. The van der Waals surface area contributed by atoms with Crippen LogP contribution >= 0.6 is 24.0 Å². The SMILES string of the molecule is CN=C(NCCCCN1CCOCC1)N1CCN(c2cccc(OC)c2)CC1.I. The summed E-state index contributed by atoms with van der Waals surface area (Å²) in [4.78, 5) is 11.8.